The number of anilines is 1. The second-order valence-electron chi connectivity index (χ2n) is 4.76. The Bertz CT molecular complexity index is 450. The zero-order valence-corrected chi connectivity index (χ0v) is 10.4. The number of nitrogen functional groups attached to an aromatic ring is 1. The van der Waals surface area contributed by atoms with Crippen LogP contribution in [0.25, 0.3) is 0 Å². The highest BCUT2D eigenvalue weighted by molar-refractivity contribution is 5.73. The zero-order valence-electron chi connectivity index (χ0n) is 10.4. The molecule has 5 heteroatoms. The number of hydrogen-bond acceptors (Lipinski definition) is 3. The Morgan fingerprint density at radius 3 is 3.11 bits per heavy atom. The fraction of sp³-hybridized carbons (Fsp3) is 0.462. The molecule has 0 spiro atoms. The van der Waals surface area contributed by atoms with Crippen LogP contribution in [0.1, 0.15) is 18.9 Å². The van der Waals surface area contributed by atoms with Crippen molar-refractivity contribution in [2.24, 2.45) is 0 Å². The van der Waals surface area contributed by atoms with E-state index in [0.717, 1.165) is 25.1 Å². The average Bonchev–Trinajstić information content (AvgIpc) is 2.70. The molecule has 0 bridgehead atoms. The maximum absolute atomic E-state index is 13.1. The molecule has 1 aliphatic rings. The fourth-order valence-electron chi connectivity index (χ4n) is 2.33. The molecule has 1 aromatic carbocycles. The summed E-state index contributed by atoms with van der Waals surface area (Å²) in [6.45, 7) is 3.82. The van der Waals surface area contributed by atoms with Crippen LogP contribution in [0.2, 0.25) is 0 Å². The lowest BCUT2D eigenvalue weighted by atomic mass is 10.1. The van der Waals surface area contributed by atoms with Crippen molar-refractivity contribution >= 4 is 11.6 Å². The summed E-state index contributed by atoms with van der Waals surface area (Å²) in [5, 5.41) is 2.90. The third-order valence-corrected chi connectivity index (χ3v) is 3.18. The second-order valence-corrected chi connectivity index (χ2v) is 4.76. The van der Waals surface area contributed by atoms with Crippen molar-refractivity contribution in [3.8, 4) is 0 Å². The van der Waals surface area contributed by atoms with Gasteiger partial charge in [0.2, 0.25) is 5.91 Å². The van der Waals surface area contributed by atoms with Crippen molar-refractivity contribution in [2.75, 3.05) is 18.8 Å². The van der Waals surface area contributed by atoms with E-state index >= 15 is 0 Å². The number of likely N-dealkylation sites (tertiary alicyclic amines) is 1. The first-order chi connectivity index (χ1) is 8.54. The van der Waals surface area contributed by atoms with Crippen molar-refractivity contribution in [3.05, 3.63) is 29.6 Å². The van der Waals surface area contributed by atoms with Gasteiger partial charge in [-0.05, 0) is 30.2 Å². The number of hydrogen-bond donors (Lipinski definition) is 2. The van der Waals surface area contributed by atoms with Crippen LogP contribution in [0.4, 0.5) is 10.1 Å². The fourth-order valence-corrected chi connectivity index (χ4v) is 2.33. The van der Waals surface area contributed by atoms with Gasteiger partial charge in [-0.3, -0.25) is 9.69 Å². The molecular formula is C13H18FN3O. The monoisotopic (exact) mass is 251 g/mol. The van der Waals surface area contributed by atoms with E-state index in [1.54, 1.807) is 6.07 Å². The molecule has 1 atom stereocenters. The third-order valence-electron chi connectivity index (χ3n) is 3.18. The number of nitrogens with one attached hydrogen (secondary N) is 1. The van der Waals surface area contributed by atoms with E-state index in [2.05, 4.69) is 10.2 Å². The van der Waals surface area contributed by atoms with Crippen LogP contribution in [0.3, 0.4) is 0 Å². The Balaban J connectivity index is 1.95. The molecule has 4 nitrogen and oxygen atoms in total. The molecule has 1 aliphatic heterocycles. The number of carbonyl (C=O) groups excluding carboxylic acids is 1. The Kier molecular flexibility index (Phi) is 3.81. The lowest BCUT2D eigenvalue weighted by Gasteiger charge is -2.17. The van der Waals surface area contributed by atoms with Gasteiger partial charge in [-0.15, -0.1) is 0 Å². The summed E-state index contributed by atoms with van der Waals surface area (Å²) >= 11 is 0. The summed E-state index contributed by atoms with van der Waals surface area (Å²) in [4.78, 5) is 13.1. The Hall–Kier alpha value is -1.62. The smallest absolute Gasteiger partial charge is 0.217 e. The van der Waals surface area contributed by atoms with Gasteiger partial charge in [0.25, 0.3) is 0 Å². The molecule has 1 aromatic rings. The van der Waals surface area contributed by atoms with Crippen LogP contribution in [0, 0.1) is 5.82 Å². The largest absolute Gasteiger partial charge is 0.398 e. The molecule has 3 N–H and O–H groups in total. The highest BCUT2D eigenvalue weighted by Gasteiger charge is 2.23. The van der Waals surface area contributed by atoms with Crippen LogP contribution in [-0.4, -0.2) is 29.9 Å². The topological polar surface area (TPSA) is 58.4 Å². The number of nitrogens with two attached hydrogens (primary N) is 1. The van der Waals surface area contributed by atoms with Crippen molar-refractivity contribution < 1.29 is 9.18 Å². The molecule has 98 valence electrons. The molecule has 1 heterocycles. The van der Waals surface area contributed by atoms with Gasteiger partial charge in [0.15, 0.2) is 0 Å². The van der Waals surface area contributed by atoms with E-state index in [-0.39, 0.29) is 17.8 Å². The molecule has 0 aliphatic carbocycles. The maximum Gasteiger partial charge on any atom is 0.217 e. The zero-order chi connectivity index (χ0) is 13.1. The normalized spacial score (nSPS) is 20.0. The quantitative estimate of drug-likeness (QED) is 0.791. The summed E-state index contributed by atoms with van der Waals surface area (Å²) in [7, 11) is 0. The van der Waals surface area contributed by atoms with Gasteiger partial charge in [0, 0.05) is 38.3 Å². The molecule has 1 amide bonds. The second kappa shape index (κ2) is 5.35. The summed E-state index contributed by atoms with van der Waals surface area (Å²) in [5.41, 5.74) is 7.23. The molecule has 18 heavy (non-hydrogen) atoms. The number of benzene rings is 1. The van der Waals surface area contributed by atoms with E-state index in [4.69, 9.17) is 5.73 Å². The van der Waals surface area contributed by atoms with Crippen molar-refractivity contribution in [3.63, 3.8) is 0 Å². The van der Waals surface area contributed by atoms with Crippen LogP contribution in [-0.2, 0) is 11.3 Å². The lowest BCUT2D eigenvalue weighted by Crippen LogP contribution is -2.35. The third kappa shape index (κ3) is 3.20. The number of carbonyl (C=O) groups is 1. The lowest BCUT2D eigenvalue weighted by molar-refractivity contribution is -0.119. The van der Waals surface area contributed by atoms with Crippen LogP contribution >= 0.6 is 0 Å². The Labute approximate surface area is 106 Å². The van der Waals surface area contributed by atoms with Gasteiger partial charge in [0.05, 0.1) is 0 Å². The Morgan fingerprint density at radius 2 is 2.39 bits per heavy atom. The van der Waals surface area contributed by atoms with E-state index in [9.17, 15) is 9.18 Å². The first kappa shape index (κ1) is 12.8. The summed E-state index contributed by atoms with van der Waals surface area (Å²) in [5.74, 6) is -0.274. The molecule has 1 unspecified atom stereocenters. The molecule has 0 radical (unpaired) electrons. The number of nitrogens with zero attached hydrogens (tertiary/aromatic N) is 1. The van der Waals surface area contributed by atoms with E-state index in [0.29, 0.717) is 12.2 Å². The number of halogens is 1. The number of amides is 1. The van der Waals surface area contributed by atoms with Gasteiger partial charge in [0.1, 0.15) is 5.82 Å². The minimum absolute atomic E-state index is 0.00730. The van der Waals surface area contributed by atoms with Gasteiger partial charge < -0.3 is 11.1 Å². The van der Waals surface area contributed by atoms with Gasteiger partial charge in [-0.2, -0.15) is 0 Å². The first-order valence-corrected chi connectivity index (χ1v) is 6.08. The van der Waals surface area contributed by atoms with E-state index in [1.165, 1.54) is 19.1 Å². The minimum Gasteiger partial charge on any atom is -0.398 e. The number of rotatable bonds is 3. The highest BCUT2D eigenvalue weighted by atomic mass is 19.1. The molecular weight excluding hydrogens is 233 g/mol. The predicted octanol–water partition coefficient (Wildman–Crippen LogP) is 1.12. The molecule has 1 fully saturated rings. The molecule has 0 aromatic heterocycles. The van der Waals surface area contributed by atoms with Crippen molar-refractivity contribution in [1.29, 1.82) is 0 Å². The minimum atomic E-state index is -0.267. The van der Waals surface area contributed by atoms with Gasteiger partial charge >= 0.3 is 0 Å². The van der Waals surface area contributed by atoms with Crippen molar-refractivity contribution in [2.45, 2.75) is 25.9 Å². The molecule has 1 saturated heterocycles. The van der Waals surface area contributed by atoms with Gasteiger partial charge in [-0.25, -0.2) is 4.39 Å². The van der Waals surface area contributed by atoms with Crippen molar-refractivity contribution in [1.82, 2.24) is 10.2 Å². The molecule has 0 saturated carbocycles. The van der Waals surface area contributed by atoms with Crippen LogP contribution in [0.15, 0.2) is 18.2 Å². The first-order valence-electron chi connectivity index (χ1n) is 6.08. The predicted molar refractivity (Wildman–Crippen MR) is 68.3 cm³/mol. The summed E-state index contributed by atoms with van der Waals surface area (Å²) < 4.78 is 13.1. The van der Waals surface area contributed by atoms with Gasteiger partial charge in [-0.1, -0.05) is 0 Å². The summed E-state index contributed by atoms with van der Waals surface area (Å²) in [6, 6.07) is 4.62. The molecule has 2 rings (SSSR count). The van der Waals surface area contributed by atoms with E-state index < -0.39 is 0 Å². The van der Waals surface area contributed by atoms with E-state index in [1.807, 2.05) is 0 Å². The van der Waals surface area contributed by atoms with Crippen LogP contribution in [0.5, 0.6) is 0 Å². The van der Waals surface area contributed by atoms with Crippen LogP contribution < -0.4 is 11.1 Å². The maximum atomic E-state index is 13.1. The summed E-state index contributed by atoms with van der Waals surface area (Å²) in [6.07, 6.45) is 0.925. The standard InChI is InChI=1S/C13H18FN3O/c1-9(18)16-12-4-5-17(8-12)7-10-6-11(14)2-3-13(10)15/h2-3,6,12H,4-5,7-8,15H2,1H3,(H,16,18). The highest BCUT2D eigenvalue weighted by Crippen LogP contribution is 2.19. The average molecular weight is 251 g/mol. The SMILES string of the molecule is CC(=O)NC1CCN(Cc2cc(F)ccc2N)C1. The Morgan fingerprint density at radius 1 is 1.61 bits per heavy atom.